The number of nitrogens with one attached hydrogen (secondary N) is 1. The maximum atomic E-state index is 13.1. The summed E-state index contributed by atoms with van der Waals surface area (Å²) in [5.41, 5.74) is 2.64. The fraction of sp³-hybridized carbons (Fsp3) is 0.316. The van der Waals surface area contributed by atoms with Crippen LogP contribution in [0.4, 0.5) is 11.4 Å². The first-order valence-electron chi connectivity index (χ1n) is 8.92. The maximum absolute atomic E-state index is 13.1. The molecule has 0 unspecified atom stereocenters. The number of sulfonamides is 1. The highest BCUT2D eigenvalue weighted by Crippen LogP contribution is 2.37. The monoisotopic (exact) mass is 421 g/mol. The van der Waals surface area contributed by atoms with E-state index in [0.29, 0.717) is 37.6 Å². The second-order valence-electron chi connectivity index (χ2n) is 6.85. The van der Waals surface area contributed by atoms with Crippen molar-refractivity contribution in [2.75, 3.05) is 43.0 Å². The average molecular weight is 422 g/mol. The Morgan fingerprint density at radius 2 is 1.86 bits per heavy atom. The first kappa shape index (κ1) is 19.0. The van der Waals surface area contributed by atoms with Crippen molar-refractivity contribution in [1.82, 2.24) is 4.31 Å². The van der Waals surface area contributed by atoms with Crippen LogP contribution < -0.4 is 15.0 Å². The molecule has 1 fully saturated rings. The van der Waals surface area contributed by atoms with Gasteiger partial charge in [0.15, 0.2) is 6.61 Å². The van der Waals surface area contributed by atoms with E-state index in [4.69, 9.17) is 16.3 Å². The third-order valence-electron chi connectivity index (χ3n) is 4.89. The van der Waals surface area contributed by atoms with Gasteiger partial charge in [0.1, 0.15) is 10.6 Å². The lowest BCUT2D eigenvalue weighted by atomic mass is 10.2. The molecule has 2 aromatic carbocycles. The predicted molar refractivity (Wildman–Crippen MR) is 108 cm³/mol. The van der Waals surface area contributed by atoms with Gasteiger partial charge in [0.25, 0.3) is 5.91 Å². The number of hydrogen-bond donors (Lipinski definition) is 1. The molecule has 0 atom stereocenters. The number of rotatable bonds is 3. The maximum Gasteiger partial charge on any atom is 0.262 e. The minimum Gasteiger partial charge on any atom is -0.482 e. The summed E-state index contributed by atoms with van der Waals surface area (Å²) < 4.78 is 33.0. The van der Waals surface area contributed by atoms with Crippen molar-refractivity contribution in [2.45, 2.75) is 11.8 Å². The number of aryl methyl sites for hydroxylation is 1. The molecule has 1 amide bonds. The van der Waals surface area contributed by atoms with Crippen molar-refractivity contribution in [3.8, 4) is 5.75 Å². The fourth-order valence-electron chi connectivity index (χ4n) is 3.43. The van der Waals surface area contributed by atoms with Crippen molar-refractivity contribution >= 4 is 38.9 Å². The van der Waals surface area contributed by atoms with E-state index in [-0.39, 0.29) is 22.4 Å². The van der Waals surface area contributed by atoms with Crippen LogP contribution in [0.5, 0.6) is 5.75 Å². The summed E-state index contributed by atoms with van der Waals surface area (Å²) in [5, 5.41) is 2.68. The lowest BCUT2D eigenvalue weighted by molar-refractivity contribution is -0.118. The van der Waals surface area contributed by atoms with E-state index in [1.807, 2.05) is 25.1 Å². The molecule has 2 aromatic rings. The molecule has 0 aromatic heterocycles. The molecule has 2 aliphatic rings. The van der Waals surface area contributed by atoms with E-state index >= 15 is 0 Å². The van der Waals surface area contributed by atoms with Crippen molar-refractivity contribution < 1.29 is 17.9 Å². The summed E-state index contributed by atoms with van der Waals surface area (Å²) in [6.07, 6.45) is 0. The summed E-state index contributed by atoms with van der Waals surface area (Å²) >= 11 is 6.23. The molecule has 9 heteroatoms. The molecule has 2 heterocycles. The number of anilines is 2. The number of ether oxygens (including phenoxy) is 1. The highest BCUT2D eigenvalue weighted by atomic mass is 35.5. The number of benzene rings is 2. The normalized spacial score (nSPS) is 17.6. The van der Waals surface area contributed by atoms with Crippen LogP contribution in [-0.2, 0) is 14.8 Å². The van der Waals surface area contributed by atoms with Gasteiger partial charge in [-0.1, -0.05) is 23.7 Å². The first-order valence-corrected chi connectivity index (χ1v) is 10.7. The van der Waals surface area contributed by atoms with Gasteiger partial charge in [0.05, 0.1) is 10.7 Å². The van der Waals surface area contributed by atoms with Crippen molar-refractivity contribution in [1.29, 1.82) is 0 Å². The van der Waals surface area contributed by atoms with Crippen LogP contribution in [0, 0.1) is 6.92 Å². The topological polar surface area (TPSA) is 79.0 Å². The van der Waals surface area contributed by atoms with Gasteiger partial charge < -0.3 is 15.0 Å². The smallest absolute Gasteiger partial charge is 0.262 e. The quantitative estimate of drug-likeness (QED) is 0.823. The number of carbonyl (C=O) groups excluding carboxylic acids is 1. The number of carbonyl (C=O) groups is 1. The number of fused-ring (bicyclic) bond motifs is 1. The number of halogens is 1. The number of amides is 1. The van der Waals surface area contributed by atoms with Crippen molar-refractivity contribution in [3.05, 3.63) is 47.0 Å². The minimum absolute atomic E-state index is 0.00642. The lowest BCUT2D eigenvalue weighted by Crippen LogP contribution is -2.48. The van der Waals surface area contributed by atoms with Gasteiger partial charge in [-0.15, -0.1) is 0 Å². The van der Waals surface area contributed by atoms with E-state index in [9.17, 15) is 13.2 Å². The predicted octanol–water partition coefficient (Wildman–Crippen LogP) is 2.49. The molecule has 1 N–H and O–H groups in total. The summed E-state index contributed by atoms with van der Waals surface area (Å²) in [4.78, 5) is 13.6. The Kier molecular flexibility index (Phi) is 4.95. The highest BCUT2D eigenvalue weighted by molar-refractivity contribution is 7.89. The van der Waals surface area contributed by atoms with Crippen LogP contribution >= 0.6 is 11.6 Å². The molecular formula is C19H20ClN3O4S. The molecule has 0 bridgehead atoms. The number of piperazine rings is 1. The van der Waals surface area contributed by atoms with Crippen LogP contribution in [0.25, 0.3) is 0 Å². The van der Waals surface area contributed by atoms with Gasteiger partial charge in [-0.25, -0.2) is 8.42 Å². The SMILES string of the molecule is Cc1cccc(N2CCN(S(=O)(=O)c3cc4c(cc3Cl)NC(=O)CO4)CC2)c1. The van der Waals surface area contributed by atoms with Crippen LogP contribution in [0.1, 0.15) is 5.56 Å². The Morgan fingerprint density at radius 3 is 2.57 bits per heavy atom. The van der Waals surface area contributed by atoms with E-state index in [1.165, 1.54) is 22.0 Å². The Balaban J connectivity index is 1.54. The van der Waals surface area contributed by atoms with Crippen LogP contribution in [0.3, 0.4) is 0 Å². The first-order chi connectivity index (χ1) is 13.3. The largest absolute Gasteiger partial charge is 0.482 e. The summed E-state index contributed by atoms with van der Waals surface area (Å²) in [7, 11) is -3.77. The molecule has 0 spiro atoms. The second-order valence-corrected chi connectivity index (χ2v) is 9.16. The molecule has 0 aliphatic carbocycles. The molecular weight excluding hydrogens is 402 g/mol. The molecule has 1 saturated heterocycles. The molecule has 7 nitrogen and oxygen atoms in total. The standard InChI is InChI=1S/C19H20ClN3O4S/c1-13-3-2-4-14(9-13)22-5-7-23(8-6-22)28(25,26)18-11-17-16(10-15(18)20)21-19(24)12-27-17/h2-4,9-11H,5-8,12H2,1H3,(H,21,24). The summed E-state index contributed by atoms with van der Waals surface area (Å²) in [6.45, 7) is 3.80. The zero-order chi connectivity index (χ0) is 19.9. The van der Waals surface area contributed by atoms with E-state index in [1.54, 1.807) is 0 Å². The molecule has 0 saturated carbocycles. The zero-order valence-corrected chi connectivity index (χ0v) is 16.9. The third-order valence-corrected chi connectivity index (χ3v) is 7.25. The number of hydrogen-bond acceptors (Lipinski definition) is 5. The zero-order valence-electron chi connectivity index (χ0n) is 15.3. The van der Waals surface area contributed by atoms with Gasteiger partial charge in [0.2, 0.25) is 10.0 Å². The minimum atomic E-state index is -3.77. The Bertz CT molecular complexity index is 1030. The van der Waals surface area contributed by atoms with Gasteiger partial charge in [-0.05, 0) is 30.7 Å². The fourth-order valence-corrected chi connectivity index (χ4v) is 5.37. The average Bonchev–Trinajstić information content (AvgIpc) is 2.67. The molecule has 0 radical (unpaired) electrons. The third kappa shape index (κ3) is 3.55. The molecule has 4 rings (SSSR count). The van der Waals surface area contributed by atoms with E-state index < -0.39 is 10.0 Å². The van der Waals surface area contributed by atoms with E-state index in [0.717, 1.165) is 5.69 Å². The molecule has 2 aliphatic heterocycles. The molecule has 28 heavy (non-hydrogen) atoms. The van der Waals surface area contributed by atoms with Crippen LogP contribution in [0.15, 0.2) is 41.3 Å². The Morgan fingerprint density at radius 1 is 1.11 bits per heavy atom. The van der Waals surface area contributed by atoms with Crippen molar-refractivity contribution in [3.63, 3.8) is 0 Å². The van der Waals surface area contributed by atoms with Gasteiger partial charge in [-0.2, -0.15) is 4.31 Å². The highest BCUT2D eigenvalue weighted by Gasteiger charge is 2.32. The second kappa shape index (κ2) is 7.27. The Hall–Kier alpha value is -2.29. The van der Waals surface area contributed by atoms with Crippen LogP contribution in [0.2, 0.25) is 5.02 Å². The number of nitrogens with zero attached hydrogens (tertiary/aromatic N) is 2. The van der Waals surface area contributed by atoms with E-state index in [2.05, 4.69) is 16.3 Å². The van der Waals surface area contributed by atoms with Crippen molar-refractivity contribution in [2.24, 2.45) is 0 Å². The summed E-state index contributed by atoms with van der Waals surface area (Å²) in [5.74, 6) is 0.00687. The lowest BCUT2D eigenvalue weighted by Gasteiger charge is -2.35. The van der Waals surface area contributed by atoms with Crippen LogP contribution in [-0.4, -0.2) is 51.4 Å². The van der Waals surface area contributed by atoms with Gasteiger partial charge in [-0.3, -0.25) is 4.79 Å². The van der Waals surface area contributed by atoms with Gasteiger partial charge >= 0.3 is 0 Å². The Labute approximate surface area is 168 Å². The summed E-state index contributed by atoms with van der Waals surface area (Å²) in [6, 6.07) is 11.0. The van der Waals surface area contributed by atoms with Gasteiger partial charge in [0, 0.05) is 37.9 Å². The molecule has 148 valence electrons.